The Morgan fingerprint density at radius 3 is 2.52 bits per heavy atom. The highest BCUT2D eigenvalue weighted by Gasteiger charge is 2.18. The Labute approximate surface area is 167 Å². The lowest BCUT2D eigenvalue weighted by Gasteiger charge is -2.20. The fourth-order valence-electron chi connectivity index (χ4n) is 2.10. The molecule has 0 atom stereocenters. The van der Waals surface area contributed by atoms with Crippen LogP contribution in [0.3, 0.4) is 0 Å². The van der Waals surface area contributed by atoms with Gasteiger partial charge in [0.15, 0.2) is 11.6 Å². The van der Waals surface area contributed by atoms with Gasteiger partial charge in [0.05, 0.1) is 6.20 Å². The van der Waals surface area contributed by atoms with E-state index >= 15 is 0 Å². The van der Waals surface area contributed by atoms with Gasteiger partial charge in [-0.15, -0.1) is 0 Å². The molecule has 146 valence electrons. The number of hydrazine groups is 1. The molecule has 0 radical (unpaired) electrons. The van der Waals surface area contributed by atoms with Crippen molar-refractivity contribution in [3.05, 3.63) is 34.5 Å². The quantitative estimate of drug-likeness (QED) is 0.515. The highest BCUT2D eigenvalue weighted by atomic mass is 79.9. The van der Waals surface area contributed by atoms with E-state index in [1.807, 2.05) is 13.8 Å². The highest BCUT2D eigenvalue weighted by molar-refractivity contribution is 9.10. The Balaban J connectivity index is 2.24. The summed E-state index contributed by atoms with van der Waals surface area (Å²) in [4.78, 5) is 24.6. The Hall–Kier alpha value is -2.42. The molecule has 2 rings (SSSR count). The summed E-state index contributed by atoms with van der Waals surface area (Å²) in [6.07, 6.45) is 2.67. The number of amides is 1. The zero-order valence-electron chi connectivity index (χ0n) is 16.3. The number of anilines is 1. The van der Waals surface area contributed by atoms with E-state index in [1.165, 1.54) is 0 Å². The van der Waals surface area contributed by atoms with E-state index < -0.39 is 11.7 Å². The molecule has 0 aliphatic rings. The van der Waals surface area contributed by atoms with E-state index in [-0.39, 0.29) is 5.92 Å². The van der Waals surface area contributed by atoms with Crippen LogP contribution in [-0.2, 0) is 4.74 Å². The van der Waals surface area contributed by atoms with Crippen LogP contribution in [0.2, 0.25) is 0 Å². The average molecular weight is 438 g/mol. The van der Waals surface area contributed by atoms with E-state index in [0.29, 0.717) is 27.7 Å². The first-order valence-electron chi connectivity index (χ1n) is 8.47. The number of carbonyl (C=O) groups is 1. The maximum atomic E-state index is 11.9. The van der Waals surface area contributed by atoms with Crippen molar-refractivity contribution in [3.63, 3.8) is 0 Å². The van der Waals surface area contributed by atoms with Gasteiger partial charge >= 0.3 is 6.09 Å². The third kappa shape index (κ3) is 6.35. The lowest BCUT2D eigenvalue weighted by Crippen LogP contribution is -2.36. The number of hydrogen-bond acceptors (Lipinski definition) is 7. The van der Waals surface area contributed by atoms with E-state index in [1.54, 1.807) is 46.2 Å². The molecule has 2 aromatic rings. The molecule has 0 saturated heterocycles. The lowest BCUT2D eigenvalue weighted by atomic mass is 10.1. The lowest BCUT2D eigenvalue weighted by molar-refractivity contribution is 0.0540. The normalized spacial score (nSPS) is 11.3. The molecule has 0 unspecified atom stereocenters. The van der Waals surface area contributed by atoms with E-state index in [2.05, 4.69) is 41.7 Å². The summed E-state index contributed by atoms with van der Waals surface area (Å²) >= 11 is 3.36. The van der Waals surface area contributed by atoms with Crippen molar-refractivity contribution in [3.8, 4) is 11.5 Å². The summed E-state index contributed by atoms with van der Waals surface area (Å²) in [5.74, 6) is 2.03. The first-order chi connectivity index (χ1) is 12.5. The van der Waals surface area contributed by atoms with Crippen molar-refractivity contribution in [1.29, 1.82) is 0 Å². The molecular formula is C18H24BrN5O3. The third-order valence-electron chi connectivity index (χ3n) is 3.26. The van der Waals surface area contributed by atoms with Crippen molar-refractivity contribution in [1.82, 2.24) is 20.4 Å². The first-order valence-corrected chi connectivity index (χ1v) is 9.26. The maximum Gasteiger partial charge on any atom is 0.426 e. The van der Waals surface area contributed by atoms with Gasteiger partial charge in [0.25, 0.3) is 0 Å². The van der Waals surface area contributed by atoms with Crippen LogP contribution in [0.25, 0.3) is 0 Å². The molecule has 0 aliphatic carbocycles. The minimum atomic E-state index is -0.626. The zero-order valence-corrected chi connectivity index (χ0v) is 17.8. The maximum absolute atomic E-state index is 11.9. The number of pyridine rings is 1. The molecule has 1 amide bonds. The van der Waals surface area contributed by atoms with Gasteiger partial charge in [-0.1, -0.05) is 13.8 Å². The topological polar surface area (TPSA) is 98.3 Å². The largest absolute Gasteiger partial charge is 0.451 e. The van der Waals surface area contributed by atoms with E-state index in [9.17, 15) is 4.79 Å². The molecule has 2 N–H and O–H groups in total. The van der Waals surface area contributed by atoms with Crippen LogP contribution >= 0.6 is 15.9 Å². The molecule has 9 heteroatoms. The second-order valence-corrected chi connectivity index (χ2v) is 8.00. The summed E-state index contributed by atoms with van der Waals surface area (Å²) in [6, 6.07) is 1.78. The first kappa shape index (κ1) is 20.9. The van der Waals surface area contributed by atoms with Gasteiger partial charge < -0.3 is 9.47 Å². The van der Waals surface area contributed by atoms with Crippen molar-refractivity contribution in [2.45, 2.75) is 53.1 Å². The molecular weight excluding hydrogens is 414 g/mol. The van der Waals surface area contributed by atoms with Gasteiger partial charge in [0, 0.05) is 17.8 Å². The summed E-state index contributed by atoms with van der Waals surface area (Å²) in [6.45, 7) is 11.2. The van der Waals surface area contributed by atoms with E-state index in [0.717, 1.165) is 5.56 Å². The molecule has 2 aromatic heterocycles. The van der Waals surface area contributed by atoms with Crippen LogP contribution in [0.1, 0.15) is 51.9 Å². The van der Waals surface area contributed by atoms with Gasteiger partial charge in [-0.2, -0.15) is 0 Å². The summed E-state index contributed by atoms with van der Waals surface area (Å²) in [5.41, 5.74) is 5.51. The second kappa shape index (κ2) is 8.51. The van der Waals surface area contributed by atoms with Crippen molar-refractivity contribution in [2.24, 2.45) is 0 Å². The monoisotopic (exact) mass is 437 g/mol. The van der Waals surface area contributed by atoms with Crippen molar-refractivity contribution < 1.29 is 14.3 Å². The van der Waals surface area contributed by atoms with Crippen molar-refractivity contribution >= 4 is 27.8 Å². The van der Waals surface area contributed by atoms with Crippen molar-refractivity contribution in [2.75, 3.05) is 5.43 Å². The standard InChI is InChI=1S/C18H24BrN5O3/c1-10(2)12-8-21-15(19)7-13(12)26-14-9-20-11(3)22-16(14)23-24-17(25)27-18(4,5)6/h7-10H,1-6H3,(H,24,25)(H,20,22,23). The number of halogens is 1. The molecule has 8 nitrogen and oxygen atoms in total. The second-order valence-electron chi connectivity index (χ2n) is 7.18. The Morgan fingerprint density at radius 2 is 1.89 bits per heavy atom. The molecule has 0 spiro atoms. The number of nitrogens with one attached hydrogen (secondary N) is 2. The minimum Gasteiger partial charge on any atom is -0.451 e. The Kier molecular flexibility index (Phi) is 6.59. The molecule has 0 fully saturated rings. The number of ether oxygens (including phenoxy) is 2. The highest BCUT2D eigenvalue weighted by Crippen LogP contribution is 2.34. The van der Waals surface area contributed by atoms with Crippen LogP contribution < -0.4 is 15.6 Å². The minimum absolute atomic E-state index is 0.211. The van der Waals surface area contributed by atoms with Gasteiger partial charge in [-0.25, -0.2) is 25.2 Å². The zero-order chi connectivity index (χ0) is 20.2. The molecule has 27 heavy (non-hydrogen) atoms. The van der Waals surface area contributed by atoms with Crippen LogP contribution in [0.4, 0.5) is 10.6 Å². The number of carbonyl (C=O) groups excluding carboxylic acids is 1. The molecule has 0 aromatic carbocycles. The average Bonchev–Trinajstić information content (AvgIpc) is 2.53. The van der Waals surface area contributed by atoms with Crippen LogP contribution in [0.15, 0.2) is 23.1 Å². The third-order valence-corrected chi connectivity index (χ3v) is 3.69. The van der Waals surface area contributed by atoms with Crippen LogP contribution in [0.5, 0.6) is 11.5 Å². The summed E-state index contributed by atoms with van der Waals surface area (Å²) < 4.78 is 11.9. The fraction of sp³-hybridized carbons (Fsp3) is 0.444. The summed E-state index contributed by atoms with van der Waals surface area (Å²) in [5, 5.41) is 0. The number of nitrogens with zero attached hydrogens (tertiary/aromatic N) is 3. The van der Waals surface area contributed by atoms with Crippen LogP contribution in [0, 0.1) is 6.92 Å². The number of aromatic nitrogens is 3. The molecule has 0 bridgehead atoms. The molecule has 0 aliphatic heterocycles. The predicted octanol–water partition coefficient (Wildman–Crippen LogP) is 4.71. The van der Waals surface area contributed by atoms with Gasteiger partial charge in [0.1, 0.15) is 21.8 Å². The van der Waals surface area contributed by atoms with Gasteiger partial charge in [-0.3, -0.25) is 5.43 Å². The smallest absolute Gasteiger partial charge is 0.426 e. The van der Waals surface area contributed by atoms with Gasteiger partial charge in [-0.05, 0) is 49.5 Å². The van der Waals surface area contributed by atoms with Gasteiger partial charge in [0.2, 0.25) is 0 Å². The SMILES string of the molecule is Cc1ncc(Oc2cc(Br)ncc2C(C)C)c(NNC(=O)OC(C)(C)C)n1. The number of hydrogen-bond donors (Lipinski definition) is 2. The number of aryl methyl sites for hydroxylation is 1. The molecule has 0 saturated carbocycles. The Bertz CT molecular complexity index is 821. The Morgan fingerprint density at radius 1 is 1.19 bits per heavy atom. The molecule has 2 heterocycles. The summed E-state index contributed by atoms with van der Waals surface area (Å²) in [7, 11) is 0. The number of rotatable bonds is 5. The van der Waals surface area contributed by atoms with E-state index in [4.69, 9.17) is 9.47 Å². The van der Waals surface area contributed by atoms with Crippen LogP contribution in [-0.4, -0.2) is 26.6 Å². The fourth-order valence-corrected chi connectivity index (χ4v) is 2.41. The predicted molar refractivity (Wildman–Crippen MR) is 106 cm³/mol.